The van der Waals surface area contributed by atoms with Crippen molar-refractivity contribution in [1.82, 2.24) is 9.80 Å². The van der Waals surface area contributed by atoms with Gasteiger partial charge in [-0.25, -0.2) is 13.6 Å². The summed E-state index contributed by atoms with van der Waals surface area (Å²) in [6, 6.07) is 1.66. The van der Waals surface area contributed by atoms with Gasteiger partial charge in [0.1, 0.15) is 29.3 Å². The van der Waals surface area contributed by atoms with Crippen LogP contribution in [-0.4, -0.2) is 57.1 Å². The Balaban J connectivity index is 0.00000420. The molecule has 1 unspecified atom stereocenters. The fourth-order valence-corrected chi connectivity index (χ4v) is 3.11. The Morgan fingerprint density at radius 1 is 1.24 bits per heavy atom. The molecule has 0 spiro atoms. The van der Waals surface area contributed by atoms with E-state index in [9.17, 15) is 28.3 Å². The van der Waals surface area contributed by atoms with Crippen molar-refractivity contribution in [3.8, 4) is 0 Å². The molecule has 1 heterocycles. The summed E-state index contributed by atoms with van der Waals surface area (Å²) in [5, 5.41) is 9.21. The zero-order valence-electron chi connectivity index (χ0n) is 18.5. The second-order valence-electron chi connectivity index (χ2n) is 8.20. The second-order valence-corrected chi connectivity index (χ2v) is 8.20. The molecule has 1 N–H and O–H groups in total. The van der Waals surface area contributed by atoms with Crippen molar-refractivity contribution in [2.75, 3.05) is 13.1 Å². The van der Waals surface area contributed by atoms with E-state index in [1.54, 1.807) is 20.8 Å². The number of ether oxygens (including phenoxy) is 1. The average Bonchev–Trinajstić information content (AvgIpc) is 2.48. The number of amides is 2. The molecule has 2 amide bonds. The summed E-state index contributed by atoms with van der Waals surface area (Å²) in [7, 11) is 0. The molecule has 0 saturated carbocycles. The molecule has 1 aliphatic rings. The van der Waals surface area contributed by atoms with Crippen LogP contribution in [0.25, 0.3) is 0 Å². The monoisotopic (exact) mass is 406 g/mol. The van der Waals surface area contributed by atoms with E-state index in [1.807, 2.05) is 0 Å². The van der Waals surface area contributed by atoms with Crippen LogP contribution in [0.1, 0.15) is 47.7 Å². The third-order valence-electron chi connectivity index (χ3n) is 4.38. The number of halogens is 2. The molecule has 0 radical (unpaired) electrons. The number of hydrogen-bond acceptors (Lipinski definition) is 4. The van der Waals surface area contributed by atoms with Crippen LogP contribution >= 0.6 is 0 Å². The van der Waals surface area contributed by atoms with Crippen molar-refractivity contribution in [3.63, 3.8) is 0 Å². The predicted molar refractivity (Wildman–Crippen MR) is 96.6 cm³/mol. The third-order valence-corrected chi connectivity index (χ3v) is 4.38. The minimum Gasteiger partial charge on any atom is -1.00 e. The summed E-state index contributed by atoms with van der Waals surface area (Å²) < 4.78 is 32.8. The molecule has 29 heavy (non-hydrogen) atoms. The van der Waals surface area contributed by atoms with Gasteiger partial charge in [0, 0.05) is 12.6 Å². The molecular weight excluding hydrogens is 381 g/mol. The summed E-state index contributed by atoms with van der Waals surface area (Å²) in [4.78, 5) is 39.2. The molecule has 1 aromatic carbocycles. The van der Waals surface area contributed by atoms with Crippen LogP contribution in [0.4, 0.5) is 13.6 Å². The maximum absolute atomic E-state index is 13.7. The van der Waals surface area contributed by atoms with Crippen molar-refractivity contribution in [3.05, 3.63) is 35.4 Å². The molecule has 7 nitrogen and oxygen atoms in total. The molecule has 10 heteroatoms. The van der Waals surface area contributed by atoms with Crippen molar-refractivity contribution in [2.45, 2.75) is 51.8 Å². The molecule has 1 atom stereocenters. The molecule has 0 aliphatic carbocycles. The summed E-state index contributed by atoms with van der Waals surface area (Å²) in [5.41, 5.74) is -2.18. The van der Waals surface area contributed by atoms with Crippen molar-refractivity contribution >= 4 is 18.0 Å². The van der Waals surface area contributed by atoms with E-state index in [2.05, 4.69) is 0 Å². The first kappa shape index (κ1) is 24.9. The van der Waals surface area contributed by atoms with E-state index in [-0.39, 0.29) is 32.4 Å². The summed E-state index contributed by atoms with van der Waals surface area (Å²) in [5.74, 6) is -3.68. The molecular formula is C19H25F2LiN2O5. The van der Waals surface area contributed by atoms with Crippen molar-refractivity contribution in [2.24, 2.45) is 0 Å². The Bertz CT molecular complexity index is 796. The number of carboxylic acid groups (broad SMARTS) is 1. The summed E-state index contributed by atoms with van der Waals surface area (Å²) in [6.45, 7) is 7.09. The van der Waals surface area contributed by atoms with E-state index >= 15 is 0 Å². The minimum absolute atomic E-state index is 0. The number of carboxylic acids is 1. The normalized spacial score (nSPS) is 18.9. The third kappa shape index (κ3) is 5.70. The second kappa shape index (κ2) is 8.72. The van der Waals surface area contributed by atoms with Gasteiger partial charge in [-0.05, 0) is 52.3 Å². The van der Waals surface area contributed by atoms with Crippen LogP contribution in [0.2, 0.25) is 0 Å². The Hall–Kier alpha value is -2.11. The van der Waals surface area contributed by atoms with Gasteiger partial charge in [-0.3, -0.25) is 14.5 Å². The van der Waals surface area contributed by atoms with Gasteiger partial charge in [0.25, 0.3) is 0 Å². The maximum Gasteiger partial charge on any atom is 1.00 e. The zero-order valence-corrected chi connectivity index (χ0v) is 17.5. The van der Waals surface area contributed by atoms with Gasteiger partial charge in [-0.15, -0.1) is 0 Å². The molecule has 1 fully saturated rings. The number of rotatable bonds is 3. The Morgan fingerprint density at radius 3 is 2.21 bits per heavy atom. The van der Waals surface area contributed by atoms with Crippen molar-refractivity contribution in [1.29, 1.82) is 0 Å². The smallest absolute Gasteiger partial charge is 1.00 e. The Kier molecular flexibility index (Phi) is 7.49. The van der Waals surface area contributed by atoms with Gasteiger partial charge in [0.05, 0.1) is 6.04 Å². The first-order valence-electron chi connectivity index (χ1n) is 8.72. The fourth-order valence-electron chi connectivity index (χ4n) is 3.11. The maximum atomic E-state index is 13.7. The van der Waals surface area contributed by atoms with Crippen LogP contribution in [0.15, 0.2) is 18.2 Å². The molecule has 2 rings (SSSR count). The standard InChI is InChI=1S/C19H24F2N2O5.Li.H/c1-18(2,3)28-17(27)23-9-14(11-6-12(20)8-13(21)7-11)22(10-15(24)25)16(26)19(23,4)5;;/h6-8,14H,9-10H2,1-5H3,(H,24,25);;/q;+1;-1. The number of nitrogens with zero attached hydrogens (tertiary/aromatic N) is 2. The topological polar surface area (TPSA) is 87.2 Å². The van der Waals surface area contributed by atoms with E-state index < -0.39 is 53.3 Å². The molecule has 0 bridgehead atoms. The van der Waals surface area contributed by atoms with E-state index in [0.29, 0.717) is 6.07 Å². The Morgan fingerprint density at radius 2 is 1.76 bits per heavy atom. The van der Waals surface area contributed by atoms with Crippen LogP contribution in [0.3, 0.4) is 0 Å². The predicted octanol–water partition coefficient (Wildman–Crippen LogP) is 0.0649. The van der Waals surface area contributed by atoms with Gasteiger partial charge in [0.2, 0.25) is 5.91 Å². The van der Waals surface area contributed by atoms with E-state index in [4.69, 9.17) is 4.74 Å². The Labute approximate surface area is 181 Å². The van der Waals surface area contributed by atoms with Crippen molar-refractivity contribution < 1.29 is 53.3 Å². The number of hydrogen-bond donors (Lipinski definition) is 1. The number of carbonyl (C=O) groups excluding carboxylic acids is 2. The largest absolute Gasteiger partial charge is 1.00 e. The molecule has 156 valence electrons. The SMILES string of the molecule is CC(C)(C)OC(=O)N1CC(c2cc(F)cc(F)c2)N(CC(=O)O)C(=O)C1(C)C.[H-].[Li+]. The molecule has 1 saturated heterocycles. The van der Waals surface area contributed by atoms with Crippen LogP contribution < -0.4 is 18.9 Å². The van der Waals surface area contributed by atoms with Crippen LogP contribution in [0.5, 0.6) is 0 Å². The average molecular weight is 406 g/mol. The van der Waals surface area contributed by atoms with Crippen LogP contribution in [0, 0.1) is 11.6 Å². The summed E-state index contributed by atoms with van der Waals surface area (Å²) >= 11 is 0. The van der Waals surface area contributed by atoms with E-state index in [1.165, 1.54) is 13.8 Å². The number of aliphatic carboxylic acids is 1. The van der Waals surface area contributed by atoms with E-state index in [0.717, 1.165) is 21.9 Å². The number of piperazine rings is 1. The molecule has 1 aromatic rings. The number of carbonyl (C=O) groups is 3. The molecule has 1 aliphatic heterocycles. The number of benzene rings is 1. The van der Waals surface area contributed by atoms with Gasteiger partial charge >= 0.3 is 30.9 Å². The van der Waals surface area contributed by atoms with Gasteiger partial charge in [0.15, 0.2) is 0 Å². The van der Waals surface area contributed by atoms with Gasteiger partial charge in [-0.2, -0.15) is 0 Å². The minimum atomic E-state index is -1.40. The zero-order chi connectivity index (χ0) is 21.4. The van der Waals surface area contributed by atoms with Gasteiger partial charge < -0.3 is 16.2 Å². The molecule has 0 aromatic heterocycles. The summed E-state index contributed by atoms with van der Waals surface area (Å²) in [6.07, 6.45) is -0.775. The first-order chi connectivity index (χ1) is 12.7. The van der Waals surface area contributed by atoms with Crippen LogP contribution in [-0.2, 0) is 14.3 Å². The fraction of sp³-hybridized carbons (Fsp3) is 0.526. The van der Waals surface area contributed by atoms with Gasteiger partial charge in [-0.1, -0.05) is 0 Å². The quantitative estimate of drug-likeness (QED) is 0.718. The first-order valence-corrected chi connectivity index (χ1v) is 8.72.